The fourth-order valence-corrected chi connectivity index (χ4v) is 3.20. The van der Waals surface area contributed by atoms with Crippen LogP contribution >= 0.6 is 15.9 Å². The molecule has 2 aliphatic rings. The molecular weight excluding hydrogens is 364 g/mol. The van der Waals surface area contributed by atoms with E-state index in [1.165, 1.54) is 25.6 Å². The van der Waals surface area contributed by atoms with Crippen molar-refractivity contribution in [3.8, 4) is 0 Å². The molecule has 0 radical (unpaired) electrons. The van der Waals surface area contributed by atoms with Crippen LogP contribution in [0.5, 0.6) is 0 Å². The number of benzene rings is 1. The van der Waals surface area contributed by atoms with Crippen molar-refractivity contribution in [2.24, 2.45) is 0 Å². The predicted octanol–water partition coefficient (Wildman–Crippen LogP) is 2.23. The highest BCUT2D eigenvalue weighted by molar-refractivity contribution is 9.10. The molecule has 7 heteroatoms. The highest BCUT2D eigenvalue weighted by Gasteiger charge is 2.39. The van der Waals surface area contributed by atoms with E-state index < -0.39 is 17.7 Å². The molecule has 3 rings (SSSR count). The van der Waals surface area contributed by atoms with E-state index in [4.69, 9.17) is 9.47 Å². The summed E-state index contributed by atoms with van der Waals surface area (Å²) in [5.41, 5.74) is 3.03. The lowest BCUT2D eigenvalue weighted by Crippen LogP contribution is -2.42. The van der Waals surface area contributed by atoms with Crippen molar-refractivity contribution in [3.63, 3.8) is 0 Å². The maximum absolute atomic E-state index is 11.9. The first-order valence-electron chi connectivity index (χ1n) is 7.32. The quantitative estimate of drug-likeness (QED) is 0.465. The van der Waals surface area contributed by atoms with Gasteiger partial charge in [0.25, 0.3) is 5.79 Å². The molecule has 0 amide bonds. The van der Waals surface area contributed by atoms with Gasteiger partial charge in [-0.15, -0.1) is 0 Å². The molecule has 1 aromatic rings. The summed E-state index contributed by atoms with van der Waals surface area (Å²) < 4.78 is 11.2. The van der Waals surface area contributed by atoms with E-state index in [2.05, 4.69) is 26.6 Å². The van der Waals surface area contributed by atoms with Gasteiger partial charge in [-0.05, 0) is 36.2 Å². The Kier molecular flexibility index (Phi) is 4.16. The number of esters is 2. The highest BCUT2D eigenvalue weighted by Crippen LogP contribution is 2.30. The molecule has 0 saturated carbocycles. The molecule has 0 aliphatic carbocycles. The van der Waals surface area contributed by atoms with E-state index in [0.717, 1.165) is 35.2 Å². The van der Waals surface area contributed by atoms with E-state index >= 15 is 0 Å². The largest absolute Gasteiger partial charge is 0.419 e. The average molecular weight is 381 g/mol. The van der Waals surface area contributed by atoms with Crippen LogP contribution in [0.25, 0.3) is 0 Å². The Balaban J connectivity index is 1.86. The number of halogens is 1. The van der Waals surface area contributed by atoms with Gasteiger partial charge in [-0.1, -0.05) is 15.9 Å². The number of hydrogen-bond acceptors (Lipinski definition) is 6. The van der Waals surface area contributed by atoms with E-state index in [1.54, 1.807) is 0 Å². The van der Waals surface area contributed by atoms with Crippen molar-refractivity contribution >= 4 is 33.6 Å². The molecule has 0 unspecified atom stereocenters. The zero-order chi connectivity index (χ0) is 16.6. The Morgan fingerprint density at radius 1 is 1.22 bits per heavy atom. The minimum absolute atomic E-state index is 0.148. The topological polar surface area (TPSA) is 76.7 Å². The Morgan fingerprint density at radius 3 is 2.61 bits per heavy atom. The summed E-state index contributed by atoms with van der Waals surface area (Å²) in [6, 6.07) is 3.85. The summed E-state index contributed by atoms with van der Waals surface area (Å²) in [5.74, 6) is -2.61. The zero-order valence-corrected chi connectivity index (χ0v) is 14.5. The second-order valence-electron chi connectivity index (χ2n) is 5.86. The minimum Gasteiger partial charge on any atom is -0.419 e. The number of ether oxygens (including phenoxy) is 2. The SMILES string of the molecule is CC1(C)OC(=O)C(=CNc2ccc(Br)c3c2CNCC3)C(=O)O1. The Bertz CT molecular complexity index is 690. The van der Waals surface area contributed by atoms with Crippen LogP contribution < -0.4 is 10.6 Å². The lowest BCUT2D eigenvalue weighted by molar-refractivity contribution is -0.222. The summed E-state index contributed by atoms with van der Waals surface area (Å²) >= 11 is 3.56. The summed E-state index contributed by atoms with van der Waals surface area (Å²) in [5, 5.41) is 6.34. The number of carbonyl (C=O) groups is 2. The lowest BCUT2D eigenvalue weighted by atomic mass is 9.99. The van der Waals surface area contributed by atoms with E-state index in [1.807, 2.05) is 12.1 Å². The van der Waals surface area contributed by atoms with Crippen molar-refractivity contribution in [3.05, 3.63) is 39.5 Å². The van der Waals surface area contributed by atoms with Gasteiger partial charge in [-0.25, -0.2) is 9.59 Å². The predicted molar refractivity (Wildman–Crippen MR) is 87.5 cm³/mol. The van der Waals surface area contributed by atoms with Gasteiger partial charge in [-0.3, -0.25) is 0 Å². The number of hydrogen-bond donors (Lipinski definition) is 2. The van der Waals surface area contributed by atoms with Crippen LogP contribution in [0, 0.1) is 0 Å². The van der Waals surface area contributed by atoms with Crippen LogP contribution in [-0.4, -0.2) is 24.3 Å². The fourth-order valence-electron chi connectivity index (χ4n) is 2.63. The van der Waals surface area contributed by atoms with Crippen molar-refractivity contribution in [2.45, 2.75) is 32.6 Å². The maximum atomic E-state index is 11.9. The first kappa shape index (κ1) is 16.0. The van der Waals surface area contributed by atoms with Gasteiger partial charge in [0.05, 0.1) is 0 Å². The van der Waals surface area contributed by atoms with Crippen LogP contribution in [0.3, 0.4) is 0 Å². The molecule has 2 N–H and O–H groups in total. The summed E-state index contributed by atoms with van der Waals surface area (Å²) in [7, 11) is 0. The van der Waals surface area contributed by atoms with Crippen LogP contribution in [0.1, 0.15) is 25.0 Å². The Morgan fingerprint density at radius 2 is 1.91 bits per heavy atom. The third-order valence-electron chi connectivity index (χ3n) is 3.72. The molecule has 23 heavy (non-hydrogen) atoms. The molecule has 2 heterocycles. The van der Waals surface area contributed by atoms with E-state index in [0.29, 0.717) is 0 Å². The van der Waals surface area contributed by atoms with Crippen LogP contribution in [0.2, 0.25) is 0 Å². The van der Waals surface area contributed by atoms with Crippen molar-refractivity contribution in [2.75, 3.05) is 11.9 Å². The Hall–Kier alpha value is -1.86. The van der Waals surface area contributed by atoms with Gasteiger partial charge < -0.3 is 20.1 Å². The van der Waals surface area contributed by atoms with Gasteiger partial charge in [0.2, 0.25) is 0 Å². The third kappa shape index (κ3) is 3.25. The third-order valence-corrected chi connectivity index (χ3v) is 4.46. The van der Waals surface area contributed by atoms with E-state index in [-0.39, 0.29) is 5.57 Å². The smallest absolute Gasteiger partial charge is 0.350 e. The summed E-state index contributed by atoms with van der Waals surface area (Å²) in [6.07, 6.45) is 2.26. The number of nitrogens with one attached hydrogen (secondary N) is 2. The Labute approximate surface area is 142 Å². The lowest BCUT2D eigenvalue weighted by Gasteiger charge is -2.29. The molecule has 0 bridgehead atoms. The number of anilines is 1. The number of fused-ring (bicyclic) bond motifs is 1. The number of carbonyl (C=O) groups excluding carboxylic acids is 2. The molecule has 1 aromatic carbocycles. The minimum atomic E-state index is -1.23. The van der Waals surface area contributed by atoms with Gasteiger partial charge in [0, 0.05) is 36.8 Å². The first-order chi connectivity index (χ1) is 10.9. The molecule has 0 spiro atoms. The first-order valence-corrected chi connectivity index (χ1v) is 8.11. The number of rotatable bonds is 2. The van der Waals surface area contributed by atoms with Crippen molar-refractivity contribution in [1.29, 1.82) is 0 Å². The van der Waals surface area contributed by atoms with Gasteiger partial charge in [0.1, 0.15) is 0 Å². The number of cyclic esters (lactones) is 2. The molecule has 2 aliphatic heterocycles. The second-order valence-corrected chi connectivity index (χ2v) is 6.71. The molecule has 6 nitrogen and oxygen atoms in total. The molecular formula is C16H17BrN2O4. The zero-order valence-electron chi connectivity index (χ0n) is 12.9. The van der Waals surface area contributed by atoms with Crippen molar-refractivity contribution < 1.29 is 19.1 Å². The van der Waals surface area contributed by atoms with Gasteiger partial charge >= 0.3 is 11.9 Å². The van der Waals surface area contributed by atoms with E-state index in [9.17, 15) is 9.59 Å². The van der Waals surface area contributed by atoms with Gasteiger partial charge in [0.15, 0.2) is 5.57 Å². The molecule has 1 fully saturated rings. The molecule has 0 aromatic heterocycles. The summed E-state index contributed by atoms with van der Waals surface area (Å²) in [6.45, 7) is 4.68. The average Bonchev–Trinajstić information content (AvgIpc) is 2.47. The highest BCUT2D eigenvalue weighted by atomic mass is 79.9. The maximum Gasteiger partial charge on any atom is 0.350 e. The second kappa shape index (κ2) is 5.98. The monoisotopic (exact) mass is 380 g/mol. The fraction of sp³-hybridized carbons (Fsp3) is 0.375. The summed E-state index contributed by atoms with van der Waals surface area (Å²) in [4.78, 5) is 23.9. The normalized spacial score (nSPS) is 19.5. The molecule has 1 saturated heterocycles. The molecule has 122 valence electrons. The van der Waals surface area contributed by atoms with Crippen LogP contribution in [0.15, 0.2) is 28.4 Å². The van der Waals surface area contributed by atoms with Crippen LogP contribution in [0.4, 0.5) is 5.69 Å². The van der Waals surface area contributed by atoms with Crippen LogP contribution in [-0.2, 0) is 32.0 Å². The van der Waals surface area contributed by atoms with Gasteiger partial charge in [-0.2, -0.15) is 0 Å². The standard InChI is InChI=1S/C16H17BrN2O4/c1-16(2)22-14(20)11(15(21)23-16)8-19-13-4-3-12(17)9-5-6-18-7-10(9)13/h3-4,8,18-19H,5-7H2,1-2H3. The molecule has 0 atom stereocenters. The van der Waals surface area contributed by atoms with Crippen molar-refractivity contribution in [1.82, 2.24) is 5.32 Å².